The maximum atomic E-state index is 10.8. The second-order valence-corrected chi connectivity index (χ2v) is 5.06. The summed E-state index contributed by atoms with van der Waals surface area (Å²) in [5.41, 5.74) is 2.01. The normalized spacial score (nSPS) is 16.4. The van der Waals surface area contributed by atoms with E-state index in [-0.39, 0.29) is 0 Å². The van der Waals surface area contributed by atoms with Crippen LogP contribution in [0.15, 0.2) is 24.5 Å². The quantitative estimate of drug-likeness (QED) is 0.801. The van der Waals surface area contributed by atoms with Crippen LogP contribution in [0.3, 0.4) is 0 Å². The van der Waals surface area contributed by atoms with Gasteiger partial charge >= 0.3 is 0 Å². The third kappa shape index (κ3) is 2.31. The molecule has 20 heavy (non-hydrogen) atoms. The van der Waals surface area contributed by atoms with Crippen LogP contribution in [-0.4, -0.2) is 41.5 Å². The minimum Gasteiger partial charge on any atom is -0.497 e. The zero-order chi connectivity index (χ0) is 13.9. The molecule has 2 aromatic rings. The molecule has 104 valence electrons. The highest BCUT2D eigenvalue weighted by molar-refractivity contribution is 5.82. The van der Waals surface area contributed by atoms with Crippen LogP contribution in [0.4, 0.5) is 0 Å². The highest BCUT2D eigenvalue weighted by Crippen LogP contribution is 2.32. The molecule has 0 aliphatic carbocycles. The molecular weight excluding hydrogens is 254 g/mol. The van der Waals surface area contributed by atoms with Crippen molar-refractivity contribution in [3.05, 3.63) is 30.2 Å². The molecule has 1 aromatic carbocycles. The number of hydrogen-bond donors (Lipinski definition) is 0. The van der Waals surface area contributed by atoms with E-state index in [0.717, 1.165) is 54.7 Å². The van der Waals surface area contributed by atoms with Gasteiger partial charge in [0.25, 0.3) is 0 Å². The summed E-state index contributed by atoms with van der Waals surface area (Å²) in [6.45, 7) is 1.59. The second-order valence-electron chi connectivity index (χ2n) is 5.06. The zero-order valence-electron chi connectivity index (χ0n) is 11.5. The first-order valence-electron chi connectivity index (χ1n) is 6.80. The molecule has 1 aromatic heterocycles. The van der Waals surface area contributed by atoms with E-state index in [2.05, 4.69) is 9.97 Å². The van der Waals surface area contributed by atoms with Crippen LogP contribution in [0.1, 0.15) is 24.5 Å². The number of methoxy groups -OCH3 is 1. The first-order valence-corrected chi connectivity index (χ1v) is 6.80. The summed E-state index contributed by atoms with van der Waals surface area (Å²) in [5.74, 6) is 1.20. The summed E-state index contributed by atoms with van der Waals surface area (Å²) in [5, 5.41) is 1.05. The Morgan fingerprint density at radius 3 is 2.80 bits per heavy atom. The summed E-state index contributed by atoms with van der Waals surface area (Å²) in [6.07, 6.45) is 4.44. The van der Waals surface area contributed by atoms with Gasteiger partial charge in [-0.05, 0) is 31.0 Å². The average Bonchev–Trinajstić information content (AvgIpc) is 2.54. The molecule has 1 aliphatic heterocycles. The van der Waals surface area contributed by atoms with Gasteiger partial charge in [-0.2, -0.15) is 0 Å². The fourth-order valence-corrected chi connectivity index (χ4v) is 2.79. The Bertz CT molecular complexity index is 622. The number of carbonyl (C=O) groups is 1. The lowest BCUT2D eigenvalue weighted by Gasteiger charge is -2.29. The SMILES string of the molecule is COc1ccc2ncnc(C3CCN(C=O)CC3)c2c1. The highest BCUT2D eigenvalue weighted by atomic mass is 16.5. The van der Waals surface area contributed by atoms with Crippen molar-refractivity contribution in [1.82, 2.24) is 14.9 Å². The number of hydrogen-bond acceptors (Lipinski definition) is 4. The Kier molecular flexibility index (Phi) is 3.50. The maximum Gasteiger partial charge on any atom is 0.209 e. The van der Waals surface area contributed by atoms with Gasteiger partial charge < -0.3 is 9.64 Å². The largest absolute Gasteiger partial charge is 0.497 e. The number of nitrogens with zero attached hydrogens (tertiary/aromatic N) is 3. The van der Waals surface area contributed by atoms with Crippen molar-refractivity contribution in [2.75, 3.05) is 20.2 Å². The number of aromatic nitrogens is 2. The molecule has 0 radical (unpaired) electrons. The molecule has 0 atom stereocenters. The Morgan fingerprint density at radius 2 is 2.10 bits per heavy atom. The number of amides is 1. The van der Waals surface area contributed by atoms with Crippen molar-refractivity contribution in [3.63, 3.8) is 0 Å². The first-order chi connectivity index (χ1) is 9.81. The third-order valence-electron chi connectivity index (χ3n) is 3.94. The summed E-state index contributed by atoms with van der Waals surface area (Å²) < 4.78 is 5.29. The molecule has 1 saturated heterocycles. The summed E-state index contributed by atoms with van der Waals surface area (Å²) in [7, 11) is 1.66. The molecule has 0 bridgehead atoms. The van der Waals surface area contributed by atoms with Crippen molar-refractivity contribution in [2.45, 2.75) is 18.8 Å². The molecule has 3 rings (SSSR count). The van der Waals surface area contributed by atoms with Gasteiger partial charge in [-0.25, -0.2) is 9.97 Å². The third-order valence-corrected chi connectivity index (χ3v) is 3.94. The van der Waals surface area contributed by atoms with Crippen LogP contribution in [0.25, 0.3) is 10.9 Å². The number of rotatable bonds is 3. The van der Waals surface area contributed by atoms with E-state index in [4.69, 9.17) is 4.74 Å². The monoisotopic (exact) mass is 271 g/mol. The van der Waals surface area contributed by atoms with E-state index in [0.29, 0.717) is 5.92 Å². The van der Waals surface area contributed by atoms with E-state index in [1.807, 2.05) is 23.1 Å². The van der Waals surface area contributed by atoms with Crippen LogP contribution in [-0.2, 0) is 4.79 Å². The Labute approximate surface area is 117 Å². The van der Waals surface area contributed by atoms with E-state index in [1.54, 1.807) is 13.4 Å². The van der Waals surface area contributed by atoms with Crippen LogP contribution >= 0.6 is 0 Å². The zero-order valence-corrected chi connectivity index (χ0v) is 11.5. The fraction of sp³-hybridized carbons (Fsp3) is 0.400. The number of benzene rings is 1. The number of ether oxygens (including phenoxy) is 1. The highest BCUT2D eigenvalue weighted by Gasteiger charge is 2.22. The van der Waals surface area contributed by atoms with Crippen LogP contribution in [0.5, 0.6) is 5.75 Å². The second kappa shape index (κ2) is 5.45. The van der Waals surface area contributed by atoms with Gasteiger partial charge in [0.05, 0.1) is 18.3 Å². The van der Waals surface area contributed by atoms with Gasteiger partial charge in [-0.3, -0.25) is 4.79 Å². The van der Waals surface area contributed by atoms with Gasteiger partial charge in [-0.1, -0.05) is 0 Å². The molecule has 1 aliphatic rings. The lowest BCUT2D eigenvalue weighted by molar-refractivity contribution is -0.119. The lowest BCUT2D eigenvalue weighted by Crippen LogP contribution is -2.31. The lowest BCUT2D eigenvalue weighted by atomic mass is 9.91. The Hall–Kier alpha value is -2.17. The molecule has 0 spiro atoms. The van der Waals surface area contributed by atoms with Crippen molar-refractivity contribution in [2.24, 2.45) is 0 Å². The van der Waals surface area contributed by atoms with Gasteiger partial charge in [0.1, 0.15) is 12.1 Å². The molecule has 5 heteroatoms. The van der Waals surface area contributed by atoms with Crippen molar-refractivity contribution < 1.29 is 9.53 Å². The van der Waals surface area contributed by atoms with Gasteiger partial charge in [0.15, 0.2) is 0 Å². The molecule has 5 nitrogen and oxygen atoms in total. The smallest absolute Gasteiger partial charge is 0.209 e. The van der Waals surface area contributed by atoms with Gasteiger partial charge in [0.2, 0.25) is 6.41 Å². The number of piperidine rings is 1. The Balaban J connectivity index is 1.96. The van der Waals surface area contributed by atoms with Crippen LogP contribution in [0, 0.1) is 0 Å². The maximum absolute atomic E-state index is 10.8. The molecule has 0 saturated carbocycles. The number of likely N-dealkylation sites (tertiary alicyclic amines) is 1. The van der Waals surface area contributed by atoms with Crippen molar-refractivity contribution >= 4 is 17.3 Å². The predicted molar refractivity (Wildman–Crippen MR) is 75.7 cm³/mol. The molecule has 1 fully saturated rings. The van der Waals surface area contributed by atoms with E-state index >= 15 is 0 Å². The van der Waals surface area contributed by atoms with E-state index in [9.17, 15) is 4.79 Å². The summed E-state index contributed by atoms with van der Waals surface area (Å²) in [6, 6.07) is 5.87. The molecule has 0 unspecified atom stereocenters. The summed E-state index contributed by atoms with van der Waals surface area (Å²) in [4.78, 5) is 21.4. The van der Waals surface area contributed by atoms with Crippen LogP contribution < -0.4 is 4.74 Å². The van der Waals surface area contributed by atoms with E-state index in [1.165, 1.54) is 0 Å². The molecule has 2 heterocycles. The fourth-order valence-electron chi connectivity index (χ4n) is 2.79. The minimum atomic E-state index is 0.379. The predicted octanol–water partition coefficient (Wildman–Crippen LogP) is 1.97. The standard InChI is InChI=1S/C15H17N3O2/c1-20-12-2-3-14-13(8-12)15(17-9-16-14)11-4-6-18(10-19)7-5-11/h2-3,8-11H,4-7H2,1H3. The summed E-state index contributed by atoms with van der Waals surface area (Å²) >= 11 is 0. The molecule has 1 amide bonds. The van der Waals surface area contributed by atoms with Crippen LogP contribution in [0.2, 0.25) is 0 Å². The minimum absolute atomic E-state index is 0.379. The topological polar surface area (TPSA) is 55.3 Å². The van der Waals surface area contributed by atoms with Crippen molar-refractivity contribution in [3.8, 4) is 5.75 Å². The number of fused-ring (bicyclic) bond motifs is 1. The average molecular weight is 271 g/mol. The van der Waals surface area contributed by atoms with Crippen molar-refractivity contribution in [1.29, 1.82) is 0 Å². The molecule has 0 N–H and O–H groups in total. The molecular formula is C15H17N3O2. The Morgan fingerprint density at radius 1 is 1.30 bits per heavy atom. The number of carbonyl (C=O) groups excluding carboxylic acids is 1. The first kappa shape index (κ1) is 12.8. The van der Waals surface area contributed by atoms with Gasteiger partial charge in [-0.15, -0.1) is 0 Å². The van der Waals surface area contributed by atoms with Gasteiger partial charge in [0, 0.05) is 24.4 Å². The van der Waals surface area contributed by atoms with E-state index < -0.39 is 0 Å².